The molecule has 1 N–H and O–H groups in total. The second kappa shape index (κ2) is 4.70. The zero-order valence-electron chi connectivity index (χ0n) is 6.43. The van der Waals surface area contributed by atoms with Crippen molar-refractivity contribution in [1.82, 2.24) is 10.3 Å². The highest BCUT2D eigenvalue weighted by molar-refractivity contribution is 7.15. The molecular weight excluding hydrogens is 180 g/mol. The molecule has 0 spiro atoms. The third kappa shape index (κ3) is 3.18. The van der Waals surface area contributed by atoms with Gasteiger partial charge in [0.1, 0.15) is 4.34 Å². The van der Waals surface area contributed by atoms with E-state index in [2.05, 4.69) is 17.2 Å². The lowest BCUT2D eigenvalue weighted by Crippen LogP contribution is -2.15. The number of nitrogens with zero attached hydrogens (tertiary/aromatic N) is 1. The summed E-state index contributed by atoms with van der Waals surface area (Å²) in [5, 5.41) is 4.34. The van der Waals surface area contributed by atoms with Crippen molar-refractivity contribution in [3.8, 4) is 0 Å². The number of aromatic nitrogens is 1. The molecule has 0 aliphatic rings. The van der Waals surface area contributed by atoms with Crippen molar-refractivity contribution in [2.45, 2.75) is 13.3 Å². The summed E-state index contributed by atoms with van der Waals surface area (Å²) < 4.78 is 0.775. The predicted molar refractivity (Wildman–Crippen MR) is 49.4 cm³/mol. The Morgan fingerprint density at radius 1 is 1.73 bits per heavy atom. The zero-order valence-corrected chi connectivity index (χ0v) is 8.00. The highest BCUT2D eigenvalue weighted by atomic mass is 35.5. The molecule has 0 amide bonds. The molecule has 0 aromatic carbocycles. The Bertz CT molecular complexity index is 212. The van der Waals surface area contributed by atoms with Crippen LogP contribution in [0.4, 0.5) is 0 Å². The first-order valence-electron chi connectivity index (χ1n) is 3.64. The van der Waals surface area contributed by atoms with E-state index in [1.165, 1.54) is 0 Å². The Balaban J connectivity index is 2.27. The van der Waals surface area contributed by atoms with E-state index >= 15 is 0 Å². The molecule has 1 aromatic rings. The van der Waals surface area contributed by atoms with Crippen LogP contribution >= 0.6 is 22.9 Å². The molecule has 1 heterocycles. The maximum absolute atomic E-state index is 5.71. The molecule has 11 heavy (non-hydrogen) atoms. The molecular formula is C7H11ClN2S. The van der Waals surface area contributed by atoms with Gasteiger partial charge in [0.2, 0.25) is 0 Å². The number of nitrogens with one attached hydrogen (secondary N) is 1. The summed E-state index contributed by atoms with van der Waals surface area (Å²) in [4.78, 5) is 4.13. The van der Waals surface area contributed by atoms with Crippen LogP contribution in [0.2, 0.25) is 4.34 Å². The van der Waals surface area contributed by atoms with Gasteiger partial charge in [-0.2, -0.15) is 0 Å². The molecule has 0 bridgehead atoms. The van der Waals surface area contributed by atoms with Crippen LogP contribution in [0, 0.1) is 0 Å². The summed E-state index contributed by atoms with van der Waals surface area (Å²) in [5.41, 5.74) is 0. The molecule has 1 aromatic heterocycles. The molecule has 0 radical (unpaired) electrons. The summed E-state index contributed by atoms with van der Waals surface area (Å²) >= 11 is 7.26. The van der Waals surface area contributed by atoms with E-state index in [-0.39, 0.29) is 0 Å². The summed E-state index contributed by atoms with van der Waals surface area (Å²) in [5.74, 6) is 0. The molecule has 62 valence electrons. The van der Waals surface area contributed by atoms with Gasteiger partial charge in [0, 0.05) is 13.0 Å². The largest absolute Gasteiger partial charge is 0.317 e. The van der Waals surface area contributed by atoms with Crippen molar-refractivity contribution in [1.29, 1.82) is 0 Å². The van der Waals surface area contributed by atoms with Gasteiger partial charge in [-0.25, -0.2) is 4.98 Å². The van der Waals surface area contributed by atoms with E-state index in [0.717, 1.165) is 28.9 Å². The summed E-state index contributed by atoms with van der Waals surface area (Å²) in [6.07, 6.45) is 2.68. The highest BCUT2D eigenvalue weighted by Crippen LogP contribution is 2.17. The SMILES string of the molecule is CCNCCc1ncc(Cl)s1. The standard InChI is InChI=1S/C7H11ClN2S/c1-2-9-4-3-7-10-5-6(8)11-7/h5,9H,2-4H2,1H3. The summed E-state index contributed by atoms with van der Waals surface area (Å²) in [7, 11) is 0. The Hall–Kier alpha value is -0.120. The lowest BCUT2D eigenvalue weighted by atomic mass is 10.4. The van der Waals surface area contributed by atoms with Crippen LogP contribution in [0.5, 0.6) is 0 Å². The van der Waals surface area contributed by atoms with Crippen molar-refractivity contribution in [3.63, 3.8) is 0 Å². The van der Waals surface area contributed by atoms with Crippen LogP contribution < -0.4 is 5.32 Å². The highest BCUT2D eigenvalue weighted by Gasteiger charge is 1.97. The van der Waals surface area contributed by atoms with Crippen LogP contribution in [-0.4, -0.2) is 18.1 Å². The minimum Gasteiger partial charge on any atom is -0.317 e. The van der Waals surface area contributed by atoms with Gasteiger partial charge in [-0.3, -0.25) is 0 Å². The maximum atomic E-state index is 5.71. The van der Waals surface area contributed by atoms with E-state index in [1.54, 1.807) is 17.5 Å². The first-order valence-corrected chi connectivity index (χ1v) is 4.83. The van der Waals surface area contributed by atoms with E-state index in [4.69, 9.17) is 11.6 Å². The van der Waals surface area contributed by atoms with E-state index in [1.807, 2.05) is 0 Å². The van der Waals surface area contributed by atoms with E-state index in [9.17, 15) is 0 Å². The van der Waals surface area contributed by atoms with Crippen LogP contribution in [0.25, 0.3) is 0 Å². The molecule has 0 aliphatic heterocycles. The van der Waals surface area contributed by atoms with Crippen LogP contribution in [0.3, 0.4) is 0 Å². The van der Waals surface area contributed by atoms with Crippen LogP contribution in [0.1, 0.15) is 11.9 Å². The fourth-order valence-corrected chi connectivity index (χ4v) is 1.73. The number of likely N-dealkylation sites (N-methyl/N-ethyl adjacent to an activating group) is 1. The van der Waals surface area contributed by atoms with Crippen molar-refractivity contribution in [2.75, 3.05) is 13.1 Å². The minimum absolute atomic E-state index is 0.775. The predicted octanol–water partition coefficient (Wildman–Crippen LogP) is 1.95. The Kier molecular flexibility index (Phi) is 3.83. The van der Waals surface area contributed by atoms with Gasteiger partial charge in [0.15, 0.2) is 0 Å². The number of hydrogen-bond acceptors (Lipinski definition) is 3. The number of thiazole rings is 1. The van der Waals surface area contributed by atoms with E-state index < -0.39 is 0 Å². The first kappa shape index (κ1) is 8.97. The van der Waals surface area contributed by atoms with Crippen molar-refractivity contribution in [3.05, 3.63) is 15.5 Å². The second-order valence-corrected chi connectivity index (χ2v) is 3.91. The molecule has 0 aliphatic carbocycles. The molecule has 0 saturated carbocycles. The minimum atomic E-state index is 0.775. The molecule has 2 nitrogen and oxygen atoms in total. The molecule has 0 atom stereocenters. The molecule has 4 heteroatoms. The van der Waals surface area contributed by atoms with Gasteiger partial charge in [-0.15, -0.1) is 11.3 Å². The molecule has 0 unspecified atom stereocenters. The lowest BCUT2D eigenvalue weighted by molar-refractivity contribution is 0.714. The third-order valence-electron chi connectivity index (χ3n) is 1.29. The fourth-order valence-electron chi connectivity index (χ4n) is 0.776. The Morgan fingerprint density at radius 2 is 2.55 bits per heavy atom. The first-order chi connectivity index (χ1) is 5.33. The number of halogens is 1. The monoisotopic (exact) mass is 190 g/mol. The molecule has 0 fully saturated rings. The van der Waals surface area contributed by atoms with Gasteiger partial charge < -0.3 is 5.32 Å². The van der Waals surface area contributed by atoms with Gasteiger partial charge in [0.05, 0.1) is 11.2 Å². The number of hydrogen-bond donors (Lipinski definition) is 1. The average Bonchev–Trinajstić information content (AvgIpc) is 2.37. The average molecular weight is 191 g/mol. The Morgan fingerprint density at radius 3 is 3.09 bits per heavy atom. The zero-order chi connectivity index (χ0) is 8.10. The Labute approximate surface area is 75.6 Å². The fraction of sp³-hybridized carbons (Fsp3) is 0.571. The van der Waals surface area contributed by atoms with Gasteiger partial charge in [-0.1, -0.05) is 18.5 Å². The quantitative estimate of drug-likeness (QED) is 0.735. The van der Waals surface area contributed by atoms with Gasteiger partial charge >= 0.3 is 0 Å². The summed E-state index contributed by atoms with van der Waals surface area (Å²) in [6, 6.07) is 0. The normalized spacial score (nSPS) is 10.4. The summed E-state index contributed by atoms with van der Waals surface area (Å²) in [6.45, 7) is 4.09. The van der Waals surface area contributed by atoms with Crippen LogP contribution in [-0.2, 0) is 6.42 Å². The third-order valence-corrected chi connectivity index (χ3v) is 2.47. The van der Waals surface area contributed by atoms with Crippen molar-refractivity contribution < 1.29 is 0 Å². The van der Waals surface area contributed by atoms with Crippen molar-refractivity contribution >= 4 is 22.9 Å². The van der Waals surface area contributed by atoms with E-state index in [0.29, 0.717) is 0 Å². The van der Waals surface area contributed by atoms with Gasteiger partial charge in [0.25, 0.3) is 0 Å². The molecule has 0 saturated heterocycles. The van der Waals surface area contributed by atoms with Crippen LogP contribution in [0.15, 0.2) is 6.20 Å². The number of rotatable bonds is 4. The topological polar surface area (TPSA) is 24.9 Å². The second-order valence-electron chi connectivity index (χ2n) is 2.16. The maximum Gasteiger partial charge on any atom is 0.113 e. The lowest BCUT2D eigenvalue weighted by Gasteiger charge is -1.96. The van der Waals surface area contributed by atoms with Gasteiger partial charge in [-0.05, 0) is 6.54 Å². The van der Waals surface area contributed by atoms with Crippen molar-refractivity contribution in [2.24, 2.45) is 0 Å². The smallest absolute Gasteiger partial charge is 0.113 e. The molecule has 1 rings (SSSR count).